The Kier molecular flexibility index (Phi) is 5.59. The summed E-state index contributed by atoms with van der Waals surface area (Å²) in [4.78, 5) is 18.3. The van der Waals surface area contributed by atoms with Crippen LogP contribution in [0.4, 0.5) is 10.1 Å². The van der Waals surface area contributed by atoms with Gasteiger partial charge < -0.3 is 9.88 Å². The number of carbonyl (C=O) groups excluding carboxylic acids is 1. The second-order valence-electron chi connectivity index (χ2n) is 6.30. The lowest BCUT2D eigenvalue weighted by Gasteiger charge is -2.12. The molecular weight excluding hydrogens is 399 g/mol. The number of imidazole rings is 1. The highest BCUT2D eigenvalue weighted by atomic mass is 32.2. The number of aromatic nitrogens is 2. The van der Waals surface area contributed by atoms with Gasteiger partial charge in [0.1, 0.15) is 11.9 Å². The van der Waals surface area contributed by atoms with Crippen molar-refractivity contribution in [3.8, 4) is 11.8 Å². The van der Waals surface area contributed by atoms with Gasteiger partial charge in [-0.25, -0.2) is 9.37 Å². The number of amides is 1. The first kappa shape index (κ1) is 19.4. The van der Waals surface area contributed by atoms with Gasteiger partial charge >= 0.3 is 0 Å². The molecule has 0 bridgehead atoms. The van der Waals surface area contributed by atoms with Crippen molar-refractivity contribution in [3.63, 3.8) is 0 Å². The third-order valence-electron chi connectivity index (χ3n) is 4.35. The molecule has 1 aromatic heterocycles. The molecule has 0 aliphatic carbocycles. The van der Waals surface area contributed by atoms with Crippen molar-refractivity contribution in [3.05, 3.63) is 102 Å². The van der Waals surface area contributed by atoms with Gasteiger partial charge in [0.15, 0.2) is 0 Å². The molecule has 4 aromatic rings. The Morgan fingerprint density at radius 3 is 2.57 bits per heavy atom. The summed E-state index contributed by atoms with van der Waals surface area (Å²) >= 11 is 1.34. The number of halogens is 1. The molecule has 3 aromatic carbocycles. The van der Waals surface area contributed by atoms with Crippen molar-refractivity contribution >= 4 is 23.4 Å². The lowest BCUT2D eigenvalue weighted by Crippen LogP contribution is -2.13. The fourth-order valence-electron chi connectivity index (χ4n) is 2.90. The van der Waals surface area contributed by atoms with E-state index in [0.717, 1.165) is 4.90 Å². The Labute approximate surface area is 176 Å². The molecule has 1 heterocycles. The first-order chi connectivity index (χ1) is 14.7. The van der Waals surface area contributed by atoms with Crippen LogP contribution in [-0.2, 0) is 0 Å². The van der Waals surface area contributed by atoms with E-state index in [9.17, 15) is 14.4 Å². The number of rotatable bonds is 5. The van der Waals surface area contributed by atoms with E-state index in [1.807, 2.05) is 24.3 Å². The summed E-state index contributed by atoms with van der Waals surface area (Å²) in [6.07, 6.45) is 4.71. The van der Waals surface area contributed by atoms with Crippen molar-refractivity contribution in [2.24, 2.45) is 0 Å². The predicted octanol–water partition coefficient (Wildman–Crippen LogP) is 5.29. The molecule has 0 unspecified atom stereocenters. The van der Waals surface area contributed by atoms with E-state index in [0.29, 0.717) is 27.4 Å². The third-order valence-corrected chi connectivity index (χ3v) is 5.50. The molecule has 0 aliphatic heterocycles. The van der Waals surface area contributed by atoms with Gasteiger partial charge in [-0.1, -0.05) is 36.0 Å². The Morgan fingerprint density at radius 1 is 1.07 bits per heavy atom. The van der Waals surface area contributed by atoms with Crippen LogP contribution >= 0.6 is 11.8 Å². The maximum absolute atomic E-state index is 14.5. The van der Waals surface area contributed by atoms with Gasteiger partial charge in [0.05, 0.1) is 23.1 Å². The number of hydrogen-bond donors (Lipinski definition) is 1. The van der Waals surface area contributed by atoms with E-state index in [2.05, 4.69) is 16.4 Å². The van der Waals surface area contributed by atoms with Crippen LogP contribution in [-0.4, -0.2) is 15.5 Å². The van der Waals surface area contributed by atoms with E-state index >= 15 is 0 Å². The quantitative estimate of drug-likeness (QED) is 0.482. The van der Waals surface area contributed by atoms with Crippen LogP contribution in [0.3, 0.4) is 0 Å². The minimum Gasteiger partial charge on any atom is -0.322 e. The smallest absolute Gasteiger partial charge is 0.256 e. The van der Waals surface area contributed by atoms with Gasteiger partial charge in [-0.3, -0.25) is 4.79 Å². The number of hydrogen-bond acceptors (Lipinski definition) is 4. The largest absolute Gasteiger partial charge is 0.322 e. The van der Waals surface area contributed by atoms with Crippen molar-refractivity contribution < 1.29 is 9.18 Å². The number of nitriles is 1. The summed E-state index contributed by atoms with van der Waals surface area (Å²) in [5.41, 5.74) is 1.66. The molecule has 0 saturated carbocycles. The molecule has 0 spiro atoms. The van der Waals surface area contributed by atoms with Gasteiger partial charge in [-0.05, 0) is 42.5 Å². The highest BCUT2D eigenvalue weighted by Gasteiger charge is 2.15. The Bertz CT molecular complexity index is 1250. The van der Waals surface area contributed by atoms with Crippen LogP contribution in [0.1, 0.15) is 15.9 Å². The molecule has 5 nitrogen and oxygen atoms in total. The molecule has 146 valence electrons. The molecule has 4 rings (SSSR count). The lowest BCUT2D eigenvalue weighted by atomic mass is 10.2. The zero-order valence-electron chi connectivity index (χ0n) is 15.6. The van der Waals surface area contributed by atoms with Gasteiger partial charge in [0.2, 0.25) is 0 Å². The first-order valence-electron chi connectivity index (χ1n) is 9.01. The number of carbonyl (C=O) groups is 1. The molecular formula is C23H15FN4OS. The monoisotopic (exact) mass is 414 g/mol. The minimum absolute atomic E-state index is 0.342. The maximum Gasteiger partial charge on any atom is 0.256 e. The summed E-state index contributed by atoms with van der Waals surface area (Å²) in [7, 11) is 0. The molecule has 1 N–H and O–H groups in total. The fraction of sp³-hybridized carbons (Fsp3) is 0. The molecule has 0 atom stereocenters. The van der Waals surface area contributed by atoms with Crippen LogP contribution in [0.2, 0.25) is 0 Å². The van der Waals surface area contributed by atoms with Crippen molar-refractivity contribution in [2.45, 2.75) is 9.79 Å². The van der Waals surface area contributed by atoms with E-state index in [1.165, 1.54) is 24.2 Å². The summed E-state index contributed by atoms with van der Waals surface area (Å²) in [6, 6.07) is 21.0. The third kappa shape index (κ3) is 4.09. The standard InChI is InChI=1S/C23H15FN4OS/c24-19-13-17(9-10-20(19)28-12-11-26-15-28)27-23(29)18-6-2-4-8-22(18)30-21-7-3-1-5-16(21)14-25/h1-13,15H,(H,27,29). The zero-order valence-corrected chi connectivity index (χ0v) is 16.4. The lowest BCUT2D eigenvalue weighted by molar-refractivity contribution is 0.102. The van der Waals surface area contributed by atoms with Crippen molar-refractivity contribution in [1.29, 1.82) is 5.26 Å². The Hall–Kier alpha value is -3.89. The molecule has 0 saturated heterocycles. The molecule has 0 fully saturated rings. The molecule has 1 amide bonds. The van der Waals surface area contributed by atoms with Crippen LogP contribution in [0.15, 0.2) is 95.2 Å². The zero-order chi connectivity index (χ0) is 20.9. The van der Waals surface area contributed by atoms with Crippen LogP contribution in [0.25, 0.3) is 5.69 Å². The van der Waals surface area contributed by atoms with Gasteiger partial charge in [-0.15, -0.1) is 0 Å². The summed E-state index contributed by atoms with van der Waals surface area (Å²) in [5, 5.41) is 12.0. The van der Waals surface area contributed by atoms with E-state index in [4.69, 9.17) is 0 Å². The number of nitrogens with zero attached hydrogens (tertiary/aromatic N) is 3. The summed E-state index contributed by atoms with van der Waals surface area (Å²) in [6.45, 7) is 0. The Morgan fingerprint density at radius 2 is 1.83 bits per heavy atom. The highest BCUT2D eigenvalue weighted by Crippen LogP contribution is 2.33. The second-order valence-corrected chi connectivity index (χ2v) is 7.38. The van der Waals surface area contributed by atoms with Gasteiger partial charge in [0.25, 0.3) is 5.91 Å². The number of benzene rings is 3. The SMILES string of the molecule is N#Cc1ccccc1Sc1ccccc1C(=O)Nc1ccc(-n2ccnc2)c(F)c1. The summed E-state index contributed by atoms with van der Waals surface area (Å²) in [5.74, 6) is -0.835. The van der Waals surface area contributed by atoms with Gasteiger partial charge in [0, 0.05) is 27.9 Å². The van der Waals surface area contributed by atoms with Crippen LogP contribution < -0.4 is 5.32 Å². The van der Waals surface area contributed by atoms with Crippen molar-refractivity contribution in [1.82, 2.24) is 9.55 Å². The van der Waals surface area contributed by atoms with Gasteiger partial charge in [-0.2, -0.15) is 5.26 Å². The fourth-order valence-corrected chi connectivity index (χ4v) is 3.93. The molecule has 30 heavy (non-hydrogen) atoms. The highest BCUT2D eigenvalue weighted by molar-refractivity contribution is 7.99. The maximum atomic E-state index is 14.5. The summed E-state index contributed by atoms with van der Waals surface area (Å²) < 4.78 is 16.0. The minimum atomic E-state index is -0.476. The van der Waals surface area contributed by atoms with E-state index < -0.39 is 5.82 Å². The normalized spacial score (nSPS) is 10.4. The van der Waals surface area contributed by atoms with E-state index in [-0.39, 0.29) is 5.91 Å². The average Bonchev–Trinajstić information content (AvgIpc) is 3.29. The van der Waals surface area contributed by atoms with Crippen LogP contribution in [0, 0.1) is 17.1 Å². The predicted molar refractivity (Wildman–Crippen MR) is 113 cm³/mol. The molecule has 0 radical (unpaired) electrons. The van der Waals surface area contributed by atoms with E-state index in [1.54, 1.807) is 53.4 Å². The Balaban J connectivity index is 1.57. The van der Waals surface area contributed by atoms with Crippen molar-refractivity contribution in [2.75, 3.05) is 5.32 Å². The number of nitrogens with one attached hydrogen (secondary N) is 1. The first-order valence-corrected chi connectivity index (χ1v) is 9.82. The second kappa shape index (κ2) is 8.64. The average molecular weight is 414 g/mol. The number of anilines is 1. The topological polar surface area (TPSA) is 70.7 Å². The molecule has 0 aliphatic rings. The molecule has 7 heteroatoms. The van der Waals surface area contributed by atoms with Crippen LogP contribution in [0.5, 0.6) is 0 Å².